The second-order valence-electron chi connectivity index (χ2n) is 6.68. The first-order valence-corrected chi connectivity index (χ1v) is 8.55. The Hall–Kier alpha value is -1.09. The van der Waals surface area contributed by atoms with Crippen LogP contribution in [-0.2, 0) is 14.3 Å². The van der Waals surface area contributed by atoms with Crippen LogP contribution in [0, 0.1) is 11.8 Å². The van der Waals surface area contributed by atoms with Gasteiger partial charge in [0.15, 0.2) is 0 Å². The van der Waals surface area contributed by atoms with E-state index in [1.54, 1.807) is 13.2 Å². The molecule has 126 valence electrons. The Kier molecular flexibility index (Phi) is 8.47. The van der Waals surface area contributed by atoms with Crippen molar-refractivity contribution >= 4 is 5.97 Å². The summed E-state index contributed by atoms with van der Waals surface area (Å²) in [5.41, 5.74) is 2.57. The molecule has 1 aliphatic rings. The molecule has 0 saturated heterocycles. The van der Waals surface area contributed by atoms with E-state index in [0.29, 0.717) is 24.5 Å². The number of ether oxygens (including phenoxy) is 2. The van der Waals surface area contributed by atoms with Gasteiger partial charge in [0.2, 0.25) is 0 Å². The number of hydrogen-bond acceptors (Lipinski definition) is 3. The fraction of sp³-hybridized carbons (Fsp3) is 0.737. The van der Waals surface area contributed by atoms with Crippen LogP contribution in [0.25, 0.3) is 0 Å². The van der Waals surface area contributed by atoms with Crippen LogP contribution in [-0.4, -0.2) is 25.8 Å². The highest BCUT2D eigenvalue weighted by Crippen LogP contribution is 2.30. The van der Waals surface area contributed by atoms with Gasteiger partial charge in [-0.3, -0.25) is 0 Å². The Morgan fingerprint density at radius 1 is 1.27 bits per heavy atom. The summed E-state index contributed by atoms with van der Waals surface area (Å²) < 4.78 is 10.5. The minimum Gasteiger partial charge on any atom is -0.463 e. The van der Waals surface area contributed by atoms with E-state index in [-0.39, 0.29) is 5.97 Å². The fourth-order valence-electron chi connectivity index (χ4n) is 3.04. The van der Waals surface area contributed by atoms with E-state index < -0.39 is 0 Å². The summed E-state index contributed by atoms with van der Waals surface area (Å²) >= 11 is 0. The predicted molar refractivity (Wildman–Crippen MR) is 90.7 cm³/mol. The van der Waals surface area contributed by atoms with E-state index in [9.17, 15) is 4.79 Å². The third-order valence-corrected chi connectivity index (χ3v) is 4.32. The van der Waals surface area contributed by atoms with E-state index in [0.717, 1.165) is 31.3 Å². The number of methoxy groups -OCH3 is 1. The van der Waals surface area contributed by atoms with E-state index in [4.69, 9.17) is 9.47 Å². The number of carbonyl (C=O) groups is 1. The van der Waals surface area contributed by atoms with Gasteiger partial charge in [-0.05, 0) is 56.4 Å². The highest BCUT2D eigenvalue weighted by Gasteiger charge is 2.17. The van der Waals surface area contributed by atoms with Crippen LogP contribution in [0.4, 0.5) is 0 Å². The topological polar surface area (TPSA) is 35.5 Å². The minimum absolute atomic E-state index is 0.220. The molecule has 2 unspecified atom stereocenters. The van der Waals surface area contributed by atoms with Crippen LogP contribution in [0.5, 0.6) is 0 Å². The van der Waals surface area contributed by atoms with Gasteiger partial charge in [-0.2, -0.15) is 0 Å². The number of carbonyl (C=O) groups excluding carboxylic acids is 1. The highest BCUT2D eigenvalue weighted by molar-refractivity contribution is 5.83. The molecule has 0 bridgehead atoms. The van der Waals surface area contributed by atoms with E-state index in [2.05, 4.69) is 26.8 Å². The van der Waals surface area contributed by atoms with Crippen molar-refractivity contribution in [3.63, 3.8) is 0 Å². The van der Waals surface area contributed by atoms with Crippen LogP contribution in [0.2, 0.25) is 0 Å². The lowest BCUT2D eigenvalue weighted by molar-refractivity contribution is -0.137. The molecule has 0 aromatic heterocycles. The molecule has 0 amide bonds. The van der Waals surface area contributed by atoms with Crippen LogP contribution >= 0.6 is 0 Å². The van der Waals surface area contributed by atoms with E-state index >= 15 is 0 Å². The maximum Gasteiger partial charge on any atom is 0.331 e. The Morgan fingerprint density at radius 2 is 2.00 bits per heavy atom. The van der Waals surface area contributed by atoms with Gasteiger partial charge < -0.3 is 9.47 Å². The van der Waals surface area contributed by atoms with Crippen molar-refractivity contribution in [2.45, 2.75) is 65.9 Å². The molecule has 1 aliphatic carbocycles. The lowest BCUT2D eigenvalue weighted by Crippen LogP contribution is -2.18. The van der Waals surface area contributed by atoms with Crippen molar-refractivity contribution < 1.29 is 14.3 Å². The van der Waals surface area contributed by atoms with Crippen LogP contribution < -0.4 is 0 Å². The van der Waals surface area contributed by atoms with Gasteiger partial charge in [0.25, 0.3) is 0 Å². The molecule has 0 aromatic carbocycles. The van der Waals surface area contributed by atoms with Crippen LogP contribution in [0.3, 0.4) is 0 Å². The molecule has 1 rings (SSSR count). The first-order valence-electron chi connectivity index (χ1n) is 8.55. The fourth-order valence-corrected chi connectivity index (χ4v) is 3.04. The third-order valence-electron chi connectivity index (χ3n) is 4.32. The SMILES string of the molecule is CCOC(=O)/C=C1/C=C(CC(C)CCC(OC)C(C)C)CC1. The molecule has 0 spiro atoms. The lowest BCUT2D eigenvalue weighted by Gasteiger charge is -2.21. The second kappa shape index (κ2) is 9.83. The van der Waals surface area contributed by atoms with Crippen molar-refractivity contribution in [3.8, 4) is 0 Å². The summed E-state index contributed by atoms with van der Waals surface area (Å²) in [5.74, 6) is 1.01. The first-order chi connectivity index (χ1) is 10.5. The molecule has 0 heterocycles. The monoisotopic (exact) mass is 308 g/mol. The lowest BCUT2D eigenvalue weighted by atomic mass is 9.92. The maximum atomic E-state index is 11.5. The molecule has 0 aliphatic heterocycles. The summed E-state index contributed by atoms with van der Waals surface area (Å²) in [6.07, 6.45) is 9.65. The van der Waals surface area contributed by atoms with E-state index in [1.807, 2.05) is 6.92 Å². The summed E-state index contributed by atoms with van der Waals surface area (Å²) in [6.45, 7) is 9.00. The molecular formula is C19H32O3. The largest absolute Gasteiger partial charge is 0.463 e. The number of esters is 1. The normalized spacial score (nSPS) is 19.4. The minimum atomic E-state index is -0.220. The van der Waals surface area contributed by atoms with Gasteiger partial charge in [-0.25, -0.2) is 4.79 Å². The number of hydrogen-bond donors (Lipinski definition) is 0. The zero-order chi connectivity index (χ0) is 16.5. The zero-order valence-electron chi connectivity index (χ0n) is 14.9. The smallest absolute Gasteiger partial charge is 0.331 e. The summed E-state index contributed by atoms with van der Waals surface area (Å²) in [5, 5.41) is 0. The van der Waals surface area contributed by atoms with Gasteiger partial charge in [0.05, 0.1) is 12.7 Å². The van der Waals surface area contributed by atoms with Crippen molar-refractivity contribution in [2.75, 3.05) is 13.7 Å². The molecule has 3 heteroatoms. The van der Waals surface area contributed by atoms with Gasteiger partial charge in [0.1, 0.15) is 0 Å². The summed E-state index contributed by atoms with van der Waals surface area (Å²) in [6, 6.07) is 0. The second-order valence-corrected chi connectivity index (χ2v) is 6.68. The Labute approximate surface area is 135 Å². The summed E-state index contributed by atoms with van der Waals surface area (Å²) in [4.78, 5) is 11.5. The highest BCUT2D eigenvalue weighted by atomic mass is 16.5. The van der Waals surface area contributed by atoms with Crippen molar-refractivity contribution in [3.05, 3.63) is 23.3 Å². The maximum absolute atomic E-state index is 11.5. The third kappa shape index (κ3) is 6.78. The molecule has 0 saturated carbocycles. The predicted octanol–water partition coefficient (Wildman–Crippen LogP) is 4.67. The van der Waals surface area contributed by atoms with Crippen molar-refractivity contribution in [1.29, 1.82) is 0 Å². The molecule has 2 atom stereocenters. The molecule has 0 fully saturated rings. The standard InChI is InChI=1S/C19H32O3/c1-6-22-19(20)13-17-9-8-16(12-17)11-15(4)7-10-18(21-5)14(2)3/h12-15,18H,6-11H2,1-5H3/b17-13+. The molecule has 22 heavy (non-hydrogen) atoms. The molecular weight excluding hydrogens is 276 g/mol. The molecule has 0 N–H and O–H groups in total. The Morgan fingerprint density at radius 3 is 2.59 bits per heavy atom. The molecule has 3 nitrogen and oxygen atoms in total. The Balaban J connectivity index is 2.42. The van der Waals surface area contributed by atoms with Crippen molar-refractivity contribution in [2.24, 2.45) is 11.8 Å². The average Bonchev–Trinajstić information content (AvgIpc) is 2.86. The number of rotatable bonds is 9. The van der Waals surface area contributed by atoms with Gasteiger partial charge >= 0.3 is 5.97 Å². The van der Waals surface area contributed by atoms with Gasteiger partial charge in [-0.15, -0.1) is 0 Å². The molecule has 0 radical (unpaired) electrons. The quantitative estimate of drug-likeness (QED) is 0.458. The Bertz CT molecular complexity index is 407. The van der Waals surface area contributed by atoms with Gasteiger partial charge in [0, 0.05) is 13.2 Å². The first kappa shape index (κ1) is 19.0. The zero-order valence-corrected chi connectivity index (χ0v) is 14.9. The summed E-state index contributed by atoms with van der Waals surface area (Å²) in [7, 11) is 1.81. The van der Waals surface area contributed by atoms with Crippen LogP contribution in [0.1, 0.15) is 59.8 Å². The average molecular weight is 308 g/mol. The van der Waals surface area contributed by atoms with Crippen molar-refractivity contribution in [1.82, 2.24) is 0 Å². The molecule has 0 aromatic rings. The van der Waals surface area contributed by atoms with Crippen LogP contribution in [0.15, 0.2) is 23.3 Å². The van der Waals surface area contributed by atoms with E-state index in [1.165, 1.54) is 12.0 Å². The van der Waals surface area contributed by atoms with Gasteiger partial charge in [-0.1, -0.05) is 32.4 Å². The number of allylic oxidation sites excluding steroid dienone is 3.